The van der Waals surface area contributed by atoms with Crippen molar-refractivity contribution in [1.82, 2.24) is 14.7 Å². The maximum Gasteiger partial charge on any atom is 0.137 e. The molecule has 2 aromatic rings. The Morgan fingerprint density at radius 3 is 2.50 bits per heavy atom. The van der Waals surface area contributed by atoms with Crippen molar-refractivity contribution in [3.63, 3.8) is 0 Å². The molecule has 22 heavy (non-hydrogen) atoms. The topological polar surface area (TPSA) is 61.5 Å². The van der Waals surface area contributed by atoms with Crippen LogP contribution in [0.15, 0.2) is 30.3 Å². The van der Waals surface area contributed by atoms with Crippen LogP contribution in [0.1, 0.15) is 17.7 Å². The van der Waals surface area contributed by atoms with Gasteiger partial charge in [-0.05, 0) is 25.5 Å². The quantitative estimate of drug-likeness (QED) is 0.780. The molecule has 0 fully saturated rings. The monoisotopic (exact) mass is 323 g/mol. The minimum atomic E-state index is 0.0783. The van der Waals surface area contributed by atoms with Gasteiger partial charge in [0.05, 0.1) is 18.0 Å². The second-order valence-electron chi connectivity index (χ2n) is 5.18. The Kier molecular flexibility index (Phi) is 6.39. The molecule has 0 radical (unpaired) electrons. The second-order valence-corrected chi connectivity index (χ2v) is 5.54. The van der Waals surface area contributed by atoms with Gasteiger partial charge in [-0.2, -0.15) is 5.10 Å². The summed E-state index contributed by atoms with van der Waals surface area (Å²) in [4.78, 5) is 2.07. The number of aliphatic hydroxyl groups excluding tert-OH is 2. The van der Waals surface area contributed by atoms with Crippen LogP contribution in [0.4, 0.5) is 0 Å². The van der Waals surface area contributed by atoms with Crippen molar-refractivity contribution in [2.24, 2.45) is 0 Å². The third kappa shape index (κ3) is 4.08. The van der Waals surface area contributed by atoms with Crippen molar-refractivity contribution in [2.75, 3.05) is 26.3 Å². The molecule has 1 heterocycles. The van der Waals surface area contributed by atoms with E-state index in [2.05, 4.69) is 10.00 Å². The van der Waals surface area contributed by atoms with Crippen molar-refractivity contribution >= 4 is 11.6 Å². The van der Waals surface area contributed by atoms with E-state index in [0.717, 1.165) is 16.9 Å². The van der Waals surface area contributed by atoms with Gasteiger partial charge in [0.25, 0.3) is 0 Å². The lowest BCUT2D eigenvalue weighted by Crippen LogP contribution is -2.28. The van der Waals surface area contributed by atoms with Crippen molar-refractivity contribution < 1.29 is 10.2 Å². The summed E-state index contributed by atoms with van der Waals surface area (Å²) in [6, 6.07) is 9.76. The Bertz CT molecular complexity index is 587. The van der Waals surface area contributed by atoms with Crippen molar-refractivity contribution in [1.29, 1.82) is 0 Å². The Morgan fingerprint density at radius 1 is 1.14 bits per heavy atom. The smallest absolute Gasteiger partial charge is 0.137 e. The van der Waals surface area contributed by atoms with Crippen LogP contribution in [0.25, 0.3) is 5.69 Å². The summed E-state index contributed by atoms with van der Waals surface area (Å²) in [7, 11) is 0. The molecule has 0 amide bonds. The fraction of sp³-hybridized carbons (Fsp3) is 0.438. The number of para-hydroxylation sites is 1. The van der Waals surface area contributed by atoms with Gasteiger partial charge >= 0.3 is 0 Å². The Labute approximate surface area is 135 Å². The number of aromatic nitrogens is 2. The molecule has 0 aliphatic rings. The maximum absolute atomic E-state index is 9.18. The van der Waals surface area contributed by atoms with Gasteiger partial charge < -0.3 is 10.2 Å². The number of benzene rings is 1. The first-order valence-corrected chi connectivity index (χ1v) is 7.78. The van der Waals surface area contributed by atoms with E-state index in [-0.39, 0.29) is 13.2 Å². The number of rotatable bonds is 8. The molecule has 0 unspecified atom stereocenters. The molecular weight excluding hydrogens is 302 g/mol. The molecule has 2 rings (SSSR count). The molecule has 120 valence electrons. The predicted octanol–water partition coefficient (Wildman–Crippen LogP) is 2.01. The van der Waals surface area contributed by atoms with Gasteiger partial charge in [0, 0.05) is 31.8 Å². The molecule has 0 aliphatic heterocycles. The van der Waals surface area contributed by atoms with Gasteiger partial charge in [-0.15, -0.1) is 0 Å². The van der Waals surface area contributed by atoms with Crippen LogP contribution in [-0.2, 0) is 6.54 Å². The van der Waals surface area contributed by atoms with Crippen molar-refractivity contribution in [2.45, 2.75) is 19.9 Å². The molecule has 5 nitrogen and oxygen atoms in total. The van der Waals surface area contributed by atoms with Gasteiger partial charge in [-0.25, -0.2) is 4.68 Å². The molecule has 0 spiro atoms. The SMILES string of the molecule is Cc1nn(-c2ccccc2)c(Cl)c1CN(CCO)CCCO. The normalized spacial score (nSPS) is 11.3. The second kappa shape index (κ2) is 8.29. The van der Waals surface area contributed by atoms with Crippen LogP contribution in [0.2, 0.25) is 5.15 Å². The van der Waals surface area contributed by atoms with Crippen LogP contribution < -0.4 is 0 Å². The average molecular weight is 324 g/mol. The van der Waals surface area contributed by atoms with Crippen LogP contribution in [0.3, 0.4) is 0 Å². The molecule has 0 saturated carbocycles. The summed E-state index contributed by atoms with van der Waals surface area (Å²) in [5.41, 5.74) is 2.75. The summed E-state index contributed by atoms with van der Waals surface area (Å²) in [5.74, 6) is 0. The van der Waals surface area contributed by atoms with E-state index in [9.17, 15) is 5.11 Å². The molecule has 0 atom stereocenters. The summed E-state index contributed by atoms with van der Waals surface area (Å²) in [6.07, 6.45) is 0.670. The number of halogens is 1. The number of aryl methyl sites for hydroxylation is 1. The van der Waals surface area contributed by atoms with Gasteiger partial charge in [0.1, 0.15) is 5.15 Å². The number of hydrogen-bond acceptors (Lipinski definition) is 4. The number of aliphatic hydroxyl groups is 2. The van der Waals surface area contributed by atoms with Crippen LogP contribution in [0, 0.1) is 6.92 Å². The lowest BCUT2D eigenvalue weighted by molar-refractivity contribution is 0.174. The fourth-order valence-corrected chi connectivity index (χ4v) is 2.71. The summed E-state index contributed by atoms with van der Waals surface area (Å²) in [5, 5.41) is 23.3. The number of hydrogen-bond donors (Lipinski definition) is 2. The van der Waals surface area contributed by atoms with Crippen LogP contribution >= 0.6 is 11.6 Å². The molecule has 0 saturated heterocycles. The van der Waals surface area contributed by atoms with E-state index >= 15 is 0 Å². The van der Waals surface area contributed by atoms with E-state index in [4.69, 9.17) is 16.7 Å². The van der Waals surface area contributed by atoms with E-state index in [1.807, 2.05) is 37.3 Å². The van der Waals surface area contributed by atoms with Crippen molar-refractivity contribution in [3.05, 3.63) is 46.7 Å². The van der Waals surface area contributed by atoms with E-state index < -0.39 is 0 Å². The fourth-order valence-electron chi connectivity index (χ4n) is 2.38. The van der Waals surface area contributed by atoms with E-state index in [1.54, 1.807) is 4.68 Å². The highest BCUT2D eigenvalue weighted by Gasteiger charge is 2.17. The predicted molar refractivity (Wildman–Crippen MR) is 87.4 cm³/mol. The van der Waals surface area contributed by atoms with Gasteiger partial charge in [0.2, 0.25) is 0 Å². The molecule has 1 aromatic heterocycles. The summed E-state index contributed by atoms with van der Waals surface area (Å²) >= 11 is 6.50. The zero-order chi connectivity index (χ0) is 15.9. The van der Waals surface area contributed by atoms with Crippen LogP contribution in [0.5, 0.6) is 0 Å². The first-order valence-electron chi connectivity index (χ1n) is 7.41. The molecule has 2 N–H and O–H groups in total. The standard InChI is InChI=1S/C16H22ClN3O2/c1-13-15(12-19(9-11-22)8-5-10-21)16(17)20(18-13)14-6-3-2-4-7-14/h2-4,6-7,21-22H,5,8-12H2,1H3. The van der Waals surface area contributed by atoms with Crippen LogP contribution in [-0.4, -0.2) is 51.2 Å². The molecular formula is C16H22ClN3O2. The summed E-state index contributed by atoms with van der Waals surface area (Å²) in [6.45, 7) is 4.02. The lowest BCUT2D eigenvalue weighted by atomic mass is 10.2. The highest BCUT2D eigenvalue weighted by atomic mass is 35.5. The first kappa shape index (κ1) is 17.0. The summed E-state index contributed by atoms with van der Waals surface area (Å²) < 4.78 is 1.73. The Balaban J connectivity index is 2.22. The largest absolute Gasteiger partial charge is 0.396 e. The molecule has 6 heteroatoms. The van der Waals surface area contributed by atoms with E-state index in [0.29, 0.717) is 31.2 Å². The highest BCUT2D eigenvalue weighted by molar-refractivity contribution is 6.30. The minimum Gasteiger partial charge on any atom is -0.396 e. The van der Waals surface area contributed by atoms with Crippen molar-refractivity contribution in [3.8, 4) is 5.69 Å². The Hall–Kier alpha value is -1.40. The van der Waals surface area contributed by atoms with Gasteiger partial charge in [0.15, 0.2) is 0 Å². The highest BCUT2D eigenvalue weighted by Crippen LogP contribution is 2.24. The zero-order valence-corrected chi connectivity index (χ0v) is 13.5. The maximum atomic E-state index is 9.18. The first-order chi connectivity index (χ1) is 10.7. The van der Waals surface area contributed by atoms with E-state index in [1.165, 1.54) is 0 Å². The molecule has 0 bridgehead atoms. The third-order valence-corrected chi connectivity index (χ3v) is 3.94. The Morgan fingerprint density at radius 2 is 1.86 bits per heavy atom. The molecule has 0 aliphatic carbocycles. The minimum absolute atomic E-state index is 0.0783. The third-order valence-electron chi connectivity index (χ3n) is 3.55. The zero-order valence-electron chi connectivity index (χ0n) is 12.7. The van der Waals surface area contributed by atoms with Gasteiger partial charge in [-0.3, -0.25) is 4.90 Å². The number of nitrogens with zero attached hydrogens (tertiary/aromatic N) is 3. The van der Waals surface area contributed by atoms with Gasteiger partial charge in [-0.1, -0.05) is 29.8 Å². The average Bonchev–Trinajstić information content (AvgIpc) is 2.81. The lowest BCUT2D eigenvalue weighted by Gasteiger charge is -2.20. The molecule has 1 aromatic carbocycles.